The maximum absolute atomic E-state index is 11.9. The highest BCUT2D eigenvalue weighted by molar-refractivity contribution is 6.35. The summed E-state index contributed by atoms with van der Waals surface area (Å²) in [4.78, 5) is 11.9. The zero-order valence-electron chi connectivity index (χ0n) is 12.8. The molecule has 3 aromatic rings. The molecule has 0 saturated carbocycles. The lowest BCUT2D eigenvalue weighted by Gasteiger charge is -2.08. The molecule has 3 rings (SSSR count). The lowest BCUT2D eigenvalue weighted by atomic mass is 10.1. The van der Waals surface area contributed by atoms with Gasteiger partial charge in [0.2, 0.25) is 0 Å². The van der Waals surface area contributed by atoms with Gasteiger partial charge in [0.05, 0.1) is 18.5 Å². The first kappa shape index (κ1) is 15.3. The summed E-state index contributed by atoms with van der Waals surface area (Å²) in [6.07, 6.45) is 0. The minimum absolute atomic E-state index is 0.105. The van der Waals surface area contributed by atoms with Gasteiger partial charge < -0.3 is 4.74 Å². The molecule has 0 N–H and O–H groups in total. The Hall–Kier alpha value is -2.59. The molecule has 1 aromatic heterocycles. The summed E-state index contributed by atoms with van der Waals surface area (Å²) in [5.41, 5.74) is 3.61. The van der Waals surface area contributed by atoms with Crippen LogP contribution in [0.4, 0.5) is 0 Å². The number of esters is 1. The van der Waals surface area contributed by atoms with Crippen LogP contribution in [0.2, 0.25) is 5.02 Å². The van der Waals surface area contributed by atoms with E-state index in [1.54, 1.807) is 4.68 Å². The van der Waals surface area contributed by atoms with E-state index in [2.05, 4.69) is 5.10 Å². The lowest BCUT2D eigenvalue weighted by molar-refractivity contribution is 0.0593. The maximum atomic E-state index is 11.9. The lowest BCUT2D eigenvalue weighted by Crippen LogP contribution is -2.04. The van der Waals surface area contributed by atoms with Gasteiger partial charge in [-0.25, -0.2) is 9.48 Å². The molecule has 5 heteroatoms. The van der Waals surface area contributed by atoms with Crippen LogP contribution in [-0.4, -0.2) is 22.9 Å². The van der Waals surface area contributed by atoms with E-state index < -0.39 is 5.97 Å². The molecule has 0 spiro atoms. The highest BCUT2D eigenvalue weighted by Crippen LogP contribution is 2.33. The second-order valence-corrected chi connectivity index (χ2v) is 5.49. The van der Waals surface area contributed by atoms with E-state index in [-0.39, 0.29) is 10.7 Å². The van der Waals surface area contributed by atoms with Gasteiger partial charge in [-0.2, -0.15) is 5.10 Å². The number of methoxy groups -OCH3 is 1. The van der Waals surface area contributed by atoms with Crippen molar-refractivity contribution in [2.24, 2.45) is 0 Å². The van der Waals surface area contributed by atoms with Gasteiger partial charge in [0.25, 0.3) is 0 Å². The minimum atomic E-state index is -0.557. The van der Waals surface area contributed by atoms with Gasteiger partial charge >= 0.3 is 5.97 Å². The summed E-state index contributed by atoms with van der Waals surface area (Å²) < 4.78 is 6.45. The average molecular weight is 327 g/mol. The third kappa shape index (κ3) is 2.85. The van der Waals surface area contributed by atoms with Gasteiger partial charge in [0, 0.05) is 5.56 Å². The normalized spacial score (nSPS) is 10.6. The van der Waals surface area contributed by atoms with E-state index in [1.807, 2.05) is 61.5 Å². The van der Waals surface area contributed by atoms with Crippen LogP contribution in [0.5, 0.6) is 0 Å². The Balaban J connectivity index is 2.25. The number of aromatic nitrogens is 2. The summed E-state index contributed by atoms with van der Waals surface area (Å²) in [7, 11) is 1.31. The van der Waals surface area contributed by atoms with Crippen LogP contribution in [0, 0.1) is 6.92 Å². The second kappa shape index (κ2) is 6.26. The Bertz CT molecular complexity index is 839. The molecule has 0 fully saturated rings. The Morgan fingerprint density at radius 3 is 2.35 bits per heavy atom. The van der Waals surface area contributed by atoms with Gasteiger partial charge in [-0.15, -0.1) is 0 Å². The standard InChI is InChI=1S/C18H15ClN2O2/c1-12-8-10-14(11-9-12)21-17(13-6-4-3-5-7-13)15(19)16(20-21)18(22)23-2/h3-11H,1-2H3. The molecule has 0 aliphatic rings. The third-order valence-electron chi connectivity index (χ3n) is 3.53. The van der Waals surface area contributed by atoms with Crippen molar-refractivity contribution < 1.29 is 9.53 Å². The monoisotopic (exact) mass is 326 g/mol. The molecule has 116 valence electrons. The van der Waals surface area contributed by atoms with Crippen LogP contribution in [0.1, 0.15) is 16.1 Å². The number of benzene rings is 2. The second-order valence-electron chi connectivity index (χ2n) is 5.12. The van der Waals surface area contributed by atoms with Crippen molar-refractivity contribution in [3.63, 3.8) is 0 Å². The number of hydrogen-bond acceptors (Lipinski definition) is 3. The maximum Gasteiger partial charge on any atom is 0.360 e. The molecule has 0 saturated heterocycles. The van der Waals surface area contributed by atoms with E-state index in [9.17, 15) is 4.79 Å². The smallest absolute Gasteiger partial charge is 0.360 e. The van der Waals surface area contributed by atoms with Gasteiger partial charge in [-0.3, -0.25) is 0 Å². The molecule has 2 aromatic carbocycles. The number of rotatable bonds is 3. The summed E-state index contributed by atoms with van der Waals surface area (Å²) >= 11 is 6.43. The van der Waals surface area contributed by atoms with Crippen LogP contribution in [0.15, 0.2) is 54.6 Å². The number of halogens is 1. The molecule has 0 amide bonds. The van der Waals surface area contributed by atoms with E-state index in [0.717, 1.165) is 16.8 Å². The van der Waals surface area contributed by atoms with Gasteiger partial charge in [-0.1, -0.05) is 59.6 Å². The fourth-order valence-electron chi connectivity index (χ4n) is 2.34. The molecule has 4 nitrogen and oxygen atoms in total. The first-order valence-corrected chi connectivity index (χ1v) is 7.49. The van der Waals surface area contributed by atoms with E-state index in [1.165, 1.54) is 7.11 Å². The van der Waals surface area contributed by atoms with E-state index >= 15 is 0 Å². The van der Waals surface area contributed by atoms with Crippen molar-refractivity contribution in [2.45, 2.75) is 6.92 Å². The minimum Gasteiger partial charge on any atom is -0.464 e. The number of nitrogens with zero attached hydrogens (tertiary/aromatic N) is 2. The summed E-state index contributed by atoms with van der Waals surface area (Å²) in [5.74, 6) is -0.557. The van der Waals surface area contributed by atoms with Crippen LogP contribution in [-0.2, 0) is 4.74 Å². The molecule has 0 bridgehead atoms. The van der Waals surface area contributed by atoms with Crippen molar-refractivity contribution in [2.75, 3.05) is 7.11 Å². The average Bonchev–Trinajstić information content (AvgIpc) is 2.93. The molecule has 0 aliphatic heterocycles. The Morgan fingerprint density at radius 1 is 1.09 bits per heavy atom. The van der Waals surface area contributed by atoms with E-state index in [0.29, 0.717) is 5.69 Å². The number of ether oxygens (including phenoxy) is 1. The van der Waals surface area contributed by atoms with Crippen LogP contribution >= 0.6 is 11.6 Å². The number of carbonyl (C=O) groups excluding carboxylic acids is 1. The van der Waals surface area contributed by atoms with Gasteiger partial charge in [0.15, 0.2) is 5.69 Å². The van der Waals surface area contributed by atoms with Crippen molar-refractivity contribution in [3.8, 4) is 16.9 Å². The molecule has 1 heterocycles. The van der Waals surface area contributed by atoms with Gasteiger partial charge in [0.1, 0.15) is 5.02 Å². The third-order valence-corrected chi connectivity index (χ3v) is 3.89. The van der Waals surface area contributed by atoms with Gasteiger partial charge in [-0.05, 0) is 19.1 Å². The van der Waals surface area contributed by atoms with Crippen LogP contribution in [0.3, 0.4) is 0 Å². The van der Waals surface area contributed by atoms with E-state index in [4.69, 9.17) is 16.3 Å². The highest BCUT2D eigenvalue weighted by atomic mass is 35.5. The topological polar surface area (TPSA) is 44.1 Å². The predicted molar refractivity (Wildman–Crippen MR) is 90.1 cm³/mol. The number of carbonyl (C=O) groups is 1. The zero-order valence-corrected chi connectivity index (χ0v) is 13.5. The first-order valence-electron chi connectivity index (χ1n) is 7.11. The Kier molecular flexibility index (Phi) is 4.17. The predicted octanol–water partition coefficient (Wildman–Crippen LogP) is 4.29. The zero-order chi connectivity index (χ0) is 16.4. The molecule has 23 heavy (non-hydrogen) atoms. The Labute approximate surface area is 139 Å². The van der Waals surface area contributed by atoms with Crippen molar-refractivity contribution >= 4 is 17.6 Å². The highest BCUT2D eigenvalue weighted by Gasteiger charge is 2.24. The molecule has 0 aliphatic carbocycles. The van der Waals surface area contributed by atoms with Crippen LogP contribution in [0.25, 0.3) is 16.9 Å². The summed E-state index contributed by atoms with van der Waals surface area (Å²) in [6, 6.07) is 17.4. The molecular weight excluding hydrogens is 312 g/mol. The number of hydrogen-bond donors (Lipinski definition) is 0. The number of aryl methyl sites for hydroxylation is 1. The first-order chi connectivity index (χ1) is 11.1. The molecule has 0 radical (unpaired) electrons. The largest absolute Gasteiger partial charge is 0.464 e. The van der Waals surface area contributed by atoms with Crippen molar-refractivity contribution in [3.05, 3.63) is 70.9 Å². The molecule has 0 atom stereocenters. The summed E-state index contributed by atoms with van der Waals surface area (Å²) in [5, 5.41) is 4.65. The Morgan fingerprint density at radius 2 is 1.74 bits per heavy atom. The van der Waals surface area contributed by atoms with Crippen molar-refractivity contribution in [1.29, 1.82) is 0 Å². The van der Waals surface area contributed by atoms with Crippen molar-refractivity contribution in [1.82, 2.24) is 9.78 Å². The fraction of sp³-hybridized carbons (Fsp3) is 0.111. The summed E-state index contributed by atoms with van der Waals surface area (Å²) in [6.45, 7) is 2.01. The molecular formula is C18H15ClN2O2. The quantitative estimate of drug-likeness (QED) is 0.674. The van der Waals surface area contributed by atoms with Crippen LogP contribution < -0.4 is 0 Å². The molecule has 0 unspecified atom stereocenters. The SMILES string of the molecule is COC(=O)c1nn(-c2ccc(C)cc2)c(-c2ccccc2)c1Cl. The fourth-order valence-corrected chi connectivity index (χ4v) is 2.65.